The molecule has 0 aromatic heterocycles. The number of likely N-dealkylation sites (tertiary alicyclic amines) is 1. The van der Waals surface area contributed by atoms with Crippen molar-refractivity contribution >= 4 is 27.7 Å². The van der Waals surface area contributed by atoms with E-state index in [1.54, 1.807) is 18.2 Å². The van der Waals surface area contributed by atoms with Gasteiger partial charge in [0, 0.05) is 16.6 Å². The van der Waals surface area contributed by atoms with Gasteiger partial charge in [0.1, 0.15) is 0 Å². The number of amides is 2. The number of methoxy groups -OCH3 is 2. The quantitative estimate of drug-likeness (QED) is 0.736. The molecule has 3 rings (SSSR count). The number of ether oxygens (including phenoxy) is 2. The Morgan fingerprint density at radius 2 is 1.82 bits per heavy atom. The summed E-state index contributed by atoms with van der Waals surface area (Å²) in [5.74, 6) is 0.605. The van der Waals surface area contributed by atoms with Crippen LogP contribution in [0.25, 0.3) is 0 Å². The molecule has 1 atom stereocenters. The largest absolute Gasteiger partial charge is 0.493 e. The molecule has 1 saturated heterocycles. The first-order valence-electron chi connectivity index (χ1n) is 9.08. The van der Waals surface area contributed by atoms with Crippen LogP contribution in [-0.4, -0.2) is 44.0 Å². The van der Waals surface area contributed by atoms with E-state index in [-0.39, 0.29) is 24.4 Å². The highest BCUT2D eigenvalue weighted by atomic mass is 79.9. The zero-order valence-electron chi connectivity index (χ0n) is 15.9. The summed E-state index contributed by atoms with van der Waals surface area (Å²) in [4.78, 5) is 27.0. The fourth-order valence-electron chi connectivity index (χ4n) is 3.43. The maximum atomic E-state index is 12.7. The minimum Gasteiger partial charge on any atom is -0.493 e. The minimum absolute atomic E-state index is 0.0415. The lowest BCUT2D eigenvalue weighted by Gasteiger charge is -2.25. The van der Waals surface area contributed by atoms with Crippen LogP contribution in [0.4, 0.5) is 0 Å². The van der Waals surface area contributed by atoms with Crippen molar-refractivity contribution in [2.24, 2.45) is 0 Å². The molecule has 28 heavy (non-hydrogen) atoms. The summed E-state index contributed by atoms with van der Waals surface area (Å²) in [6.45, 7) is 0.659. The third-order valence-corrected chi connectivity index (χ3v) is 5.40. The molecule has 0 radical (unpaired) electrons. The number of nitrogens with zero attached hydrogens (tertiary/aromatic N) is 1. The number of carbonyl (C=O) groups excluding carboxylic acids is 2. The summed E-state index contributed by atoms with van der Waals surface area (Å²) in [7, 11) is 3.05. The Morgan fingerprint density at radius 1 is 1.11 bits per heavy atom. The van der Waals surface area contributed by atoms with Crippen molar-refractivity contribution in [2.45, 2.75) is 18.9 Å². The van der Waals surface area contributed by atoms with Crippen LogP contribution in [0.5, 0.6) is 11.5 Å². The maximum absolute atomic E-state index is 12.7. The molecule has 0 spiro atoms. The monoisotopic (exact) mass is 446 g/mol. The van der Waals surface area contributed by atoms with Gasteiger partial charge in [-0.15, -0.1) is 0 Å². The molecule has 1 N–H and O–H groups in total. The van der Waals surface area contributed by atoms with Gasteiger partial charge in [-0.2, -0.15) is 0 Å². The smallest absolute Gasteiger partial charge is 0.251 e. The van der Waals surface area contributed by atoms with Gasteiger partial charge in [-0.25, -0.2) is 0 Å². The summed E-state index contributed by atoms with van der Waals surface area (Å²) >= 11 is 3.44. The lowest BCUT2D eigenvalue weighted by Crippen LogP contribution is -2.39. The van der Waals surface area contributed by atoms with Crippen LogP contribution < -0.4 is 14.8 Å². The zero-order valence-corrected chi connectivity index (χ0v) is 17.5. The van der Waals surface area contributed by atoms with E-state index in [9.17, 15) is 9.59 Å². The number of benzene rings is 2. The van der Waals surface area contributed by atoms with Crippen LogP contribution in [-0.2, 0) is 4.79 Å². The standard InChI is InChI=1S/C21H23BrN2O4/c1-27-18-10-7-15(12-19(18)28-2)21(26)23-13-20(25)24-11-3-4-17(24)14-5-8-16(22)9-6-14/h5-10,12,17H,3-4,11,13H2,1-2H3,(H,23,26). The van der Waals surface area contributed by atoms with Crippen LogP contribution in [0.15, 0.2) is 46.9 Å². The van der Waals surface area contributed by atoms with Crippen molar-refractivity contribution in [3.63, 3.8) is 0 Å². The van der Waals surface area contributed by atoms with Crippen molar-refractivity contribution in [3.8, 4) is 11.5 Å². The van der Waals surface area contributed by atoms with E-state index in [1.807, 2.05) is 29.2 Å². The first kappa shape index (κ1) is 20.2. The van der Waals surface area contributed by atoms with Gasteiger partial charge in [0.15, 0.2) is 11.5 Å². The van der Waals surface area contributed by atoms with Crippen LogP contribution in [0.2, 0.25) is 0 Å². The fourth-order valence-corrected chi connectivity index (χ4v) is 3.70. The SMILES string of the molecule is COc1ccc(C(=O)NCC(=O)N2CCCC2c2ccc(Br)cc2)cc1OC. The summed E-state index contributed by atoms with van der Waals surface area (Å²) in [5, 5.41) is 2.71. The van der Waals surface area contributed by atoms with Crippen molar-refractivity contribution < 1.29 is 19.1 Å². The second-order valence-electron chi connectivity index (χ2n) is 6.55. The van der Waals surface area contributed by atoms with Crippen molar-refractivity contribution in [1.29, 1.82) is 0 Å². The van der Waals surface area contributed by atoms with Crippen LogP contribution in [0.3, 0.4) is 0 Å². The molecule has 0 saturated carbocycles. The van der Waals surface area contributed by atoms with Crippen LogP contribution in [0.1, 0.15) is 34.8 Å². The third kappa shape index (κ3) is 4.47. The van der Waals surface area contributed by atoms with Gasteiger partial charge in [-0.1, -0.05) is 28.1 Å². The van der Waals surface area contributed by atoms with Crippen molar-refractivity contribution in [1.82, 2.24) is 10.2 Å². The Balaban J connectivity index is 1.63. The summed E-state index contributed by atoms with van der Waals surface area (Å²) in [6, 6.07) is 13.0. The predicted molar refractivity (Wildman–Crippen MR) is 110 cm³/mol. The Labute approximate surface area is 172 Å². The van der Waals surface area contributed by atoms with E-state index in [0.717, 1.165) is 22.9 Å². The van der Waals surface area contributed by atoms with Gasteiger partial charge in [0.05, 0.1) is 26.8 Å². The van der Waals surface area contributed by atoms with E-state index in [4.69, 9.17) is 9.47 Å². The molecule has 148 valence electrons. The highest BCUT2D eigenvalue weighted by molar-refractivity contribution is 9.10. The van der Waals surface area contributed by atoms with Gasteiger partial charge < -0.3 is 19.7 Å². The van der Waals surface area contributed by atoms with Gasteiger partial charge in [0.2, 0.25) is 5.91 Å². The van der Waals surface area contributed by atoms with Gasteiger partial charge in [-0.3, -0.25) is 9.59 Å². The average Bonchev–Trinajstić information content (AvgIpc) is 3.21. The van der Waals surface area contributed by atoms with E-state index in [0.29, 0.717) is 23.6 Å². The summed E-state index contributed by atoms with van der Waals surface area (Å²) < 4.78 is 11.4. The molecule has 1 aliphatic heterocycles. The second-order valence-corrected chi connectivity index (χ2v) is 7.46. The normalized spacial score (nSPS) is 16.0. The van der Waals surface area contributed by atoms with E-state index >= 15 is 0 Å². The van der Waals surface area contributed by atoms with E-state index in [1.165, 1.54) is 14.2 Å². The first-order valence-corrected chi connectivity index (χ1v) is 9.88. The van der Waals surface area contributed by atoms with Gasteiger partial charge in [-0.05, 0) is 48.7 Å². The molecule has 0 aliphatic carbocycles. The number of halogens is 1. The molecule has 0 bridgehead atoms. The molecular formula is C21H23BrN2O4. The van der Waals surface area contributed by atoms with Crippen LogP contribution >= 0.6 is 15.9 Å². The van der Waals surface area contributed by atoms with Crippen molar-refractivity contribution in [3.05, 3.63) is 58.1 Å². The Bertz CT molecular complexity index is 854. The molecule has 1 fully saturated rings. The molecular weight excluding hydrogens is 424 g/mol. The Kier molecular flexibility index (Phi) is 6.57. The third-order valence-electron chi connectivity index (χ3n) is 4.87. The second kappa shape index (κ2) is 9.10. The molecule has 2 aromatic carbocycles. The predicted octanol–water partition coefficient (Wildman–Crippen LogP) is 3.56. The topological polar surface area (TPSA) is 67.9 Å². The average molecular weight is 447 g/mol. The molecule has 1 heterocycles. The summed E-state index contributed by atoms with van der Waals surface area (Å²) in [5.41, 5.74) is 1.52. The molecule has 7 heteroatoms. The first-order chi connectivity index (χ1) is 13.5. The molecule has 1 unspecified atom stereocenters. The van der Waals surface area contributed by atoms with Gasteiger partial charge >= 0.3 is 0 Å². The van der Waals surface area contributed by atoms with Crippen molar-refractivity contribution in [2.75, 3.05) is 27.3 Å². The zero-order chi connectivity index (χ0) is 20.1. The Hall–Kier alpha value is -2.54. The number of nitrogens with one attached hydrogen (secondary N) is 1. The molecule has 1 aliphatic rings. The lowest BCUT2D eigenvalue weighted by molar-refractivity contribution is -0.131. The number of carbonyl (C=O) groups is 2. The highest BCUT2D eigenvalue weighted by Gasteiger charge is 2.29. The Morgan fingerprint density at radius 3 is 2.50 bits per heavy atom. The number of rotatable bonds is 6. The number of hydrogen-bond donors (Lipinski definition) is 1. The molecule has 2 amide bonds. The maximum Gasteiger partial charge on any atom is 0.251 e. The van der Waals surface area contributed by atoms with E-state index in [2.05, 4.69) is 21.2 Å². The lowest BCUT2D eigenvalue weighted by atomic mass is 10.0. The number of hydrogen-bond acceptors (Lipinski definition) is 4. The van der Waals surface area contributed by atoms with E-state index < -0.39 is 0 Å². The summed E-state index contributed by atoms with van der Waals surface area (Å²) in [6.07, 6.45) is 1.88. The molecule has 6 nitrogen and oxygen atoms in total. The molecule has 2 aromatic rings. The van der Waals surface area contributed by atoms with Crippen LogP contribution in [0, 0.1) is 0 Å². The van der Waals surface area contributed by atoms with Gasteiger partial charge in [0.25, 0.3) is 5.91 Å². The fraction of sp³-hybridized carbons (Fsp3) is 0.333. The minimum atomic E-state index is -0.325. The highest BCUT2D eigenvalue weighted by Crippen LogP contribution is 2.32.